The summed E-state index contributed by atoms with van der Waals surface area (Å²) >= 11 is 1.59. The minimum Gasteiger partial charge on any atom is -0.392 e. The number of thiazole rings is 1. The van der Waals surface area contributed by atoms with E-state index in [1.165, 1.54) is 0 Å². The van der Waals surface area contributed by atoms with Crippen LogP contribution in [-0.2, 0) is 6.61 Å². The monoisotopic (exact) mass is 306 g/mol. The van der Waals surface area contributed by atoms with Crippen LogP contribution in [0.25, 0.3) is 11.3 Å². The fourth-order valence-corrected chi connectivity index (χ4v) is 2.64. The van der Waals surface area contributed by atoms with Crippen molar-refractivity contribution in [1.82, 2.24) is 9.97 Å². The predicted octanol–water partition coefficient (Wildman–Crippen LogP) is 3.41. The lowest BCUT2D eigenvalue weighted by Gasteiger charge is -2.06. The second-order valence-electron chi connectivity index (χ2n) is 4.75. The van der Waals surface area contributed by atoms with E-state index in [4.69, 9.17) is 0 Å². The number of aliphatic hydroxyl groups is 1. The van der Waals surface area contributed by atoms with Gasteiger partial charge in [0.1, 0.15) is 5.69 Å². The number of rotatable bonds is 2. The first-order valence-corrected chi connectivity index (χ1v) is 7.73. The smallest absolute Gasteiger partial charge is 0.124 e. The normalized spacial score (nSPS) is 10.1. The third-order valence-electron chi connectivity index (χ3n) is 3.18. The van der Waals surface area contributed by atoms with Gasteiger partial charge in [0, 0.05) is 22.7 Å². The fraction of sp³-hybridized carbons (Fsp3) is 0.111. The summed E-state index contributed by atoms with van der Waals surface area (Å²) in [5.41, 5.74) is 4.28. The van der Waals surface area contributed by atoms with Gasteiger partial charge in [0.2, 0.25) is 0 Å². The van der Waals surface area contributed by atoms with Gasteiger partial charge in [0.15, 0.2) is 0 Å². The van der Waals surface area contributed by atoms with Gasteiger partial charge >= 0.3 is 0 Å². The van der Waals surface area contributed by atoms with Crippen LogP contribution >= 0.6 is 11.3 Å². The Morgan fingerprint density at radius 2 is 2.00 bits per heavy atom. The highest BCUT2D eigenvalue weighted by Gasteiger charge is 2.04. The second-order valence-corrected chi connectivity index (χ2v) is 5.81. The molecular weight excluding hydrogens is 292 g/mol. The highest BCUT2D eigenvalue weighted by Crippen LogP contribution is 2.21. The lowest BCUT2D eigenvalue weighted by atomic mass is 10.0. The summed E-state index contributed by atoms with van der Waals surface area (Å²) in [5, 5.41) is 12.3. The Kier molecular flexibility index (Phi) is 4.29. The predicted molar refractivity (Wildman–Crippen MR) is 88.4 cm³/mol. The van der Waals surface area contributed by atoms with E-state index in [9.17, 15) is 5.11 Å². The largest absolute Gasteiger partial charge is 0.392 e. The molecule has 1 aromatic carbocycles. The van der Waals surface area contributed by atoms with E-state index in [0.717, 1.165) is 33.1 Å². The molecule has 2 aromatic heterocycles. The fourth-order valence-electron chi connectivity index (χ4n) is 2.09. The molecule has 0 saturated carbocycles. The zero-order chi connectivity index (χ0) is 15.4. The maximum Gasteiger partial charge on any atom is 0.124 e. The minimum absolute atomic E-state index is 0.00257. The molecule has 2 heterocycles. The van der Waals surface area contributed by atoms with Crippen LogP contribution in [-0.4, -0.2) is 15.1 Å². The molecule has 0 aliphatic rings. The molecule has 4 heteroatoms. The molecule has 0 unspecified atom stereocenters. The van der Waals surface area contributed by atoms with E-state index >= 15 is 0 Å². The van der Waals surface area contributed by atoms with Crippen LogP contribution in [0.2, 0.25) is 0 Å². The number of hydrogen-bond donors (Lipinski definition) is 1. The molecule has 0 saturated heterocycles. The number of aromatic nitrogens is 2. The summed E-state index contributed by atoms with van der Waals surface area (Å²) in [4.78, 5) is 8.75. The molecule has 0 spiro atoms. The average Bonchev–Trinajstić information content (AvgIpc) is 2.99. The number of hydrogen-bond acceptors (Lipinski definition) is 4. The Morgan fingerprint density at radius 3 is 2.68 bits per heavy atom. The summed E-state index contributed by atoms with van der Waals surface area (Å²) in [7, 11) is 0. The summed E-state index contributed by atoms with van der Waals surface area (Å²) in [6.07, 6.45) is 1.75. The van der Waals surface area contributed by atoms with Crippen LogP contribution in [0.1, 0.15) is 21.8 Å². The number of aliphatic hydroxyl groups excluding tert-OH is 1. The Labute approximate surface area is 133 Å². The van der Waals surface area contributed by atoms with E-state index in [-0.39, 0.29) is 6.61 Å². The maximum atomic E-state index is 9.39. The van der Waals surface area contributed by atoms with Gasteiger partial charge in [-0.3, -0.25) is 4.98 Å². The number of nitrogens with zero attached hydrogens (tertiary/aromatic N) is 2. The maximum absolute atomic E-state index is 9.39. The van der Waals surface area contributed by atoms with Crippen LogP contribution in [0.3, 0.4) is 0 Å². The van der Waals surface area contributed by atoms with Gasteiger partial charge in [-0.15, -0.1) is 11.3 Å². The summed E-state index contributed by atoms with van der Waals surface area (Å²) < 4.78 is 0. The van der Waals surface area contributed by atoms with E-state index < -0.39 is 0 Å². The van der Waals surface area contributed by atoms with Gasteiger partial charge in [-0.05, 0) is 30.5 Å². The SMILES string of the molecule is Cc1nc(C#Cc2ccc(-c3ccccc3CO)nc2)cs1. The standard InChI is InChI=1S/C18H14N2OS/c1-13-20-16(12-22-13)8-6-14-7-9-18(19-10-14)17-5-3-2-4-15(17)11-21/h2-5,7,9-10,12,21H,11H2,1H3. The van der Waals surface area contributed by atoms with Crippen molar-refractivity contribution in [2.24, 2.45) is 0 Å². The molecule has 3 rings (SSSR count). The number of pyridine rings is 1. The van der Waals surface area contributed by atoms with E-state index in [1.807, 2.05) is 48.7 Å². The molecule has 3 nitrogen and oxygen atoms in total. The zero-order valence-electron chi connectivity index (χ0n) is 12.1. The van der Waals surface area contributed by atoms with Crippen LogP contribution in [0.4, 0.5) is 0 Å². The van der Waals surface area contributed by atoms with Crippen molar-refractivity contribution in [3.05, 3.63) is 69.8 Å². The second kappa shape index (κ2) is 6.52. The lowest BCUT2D eigenvalue weighted by molar-refractivity contribution is 0.282. The third-order valence-corrected chi connectivity index (χ3v) is 3.95. The molecule has 0 fully saturated rings. The Balaban J connectivity index is 1.86. The quantitative estimate of drug-likeness (QED) is 0.738. The first-order chi connectivity index (χ1) is 10.8. The molecule has 22 heavy (non-hydrogen) atoms. The van der Waals surface area contributed by atoms with Crippen LogP contribution in [0.15, 0.2) is 48.0 Å². The van der Waals surface area contributed by atoms with Crippen LogP contribution in [0, 0.1) is 18.8 Å². The van der Waals surface area contributed by atoms with Crippen molar-refractivity contribution in [3.63, 3.8) is 0 Å². The molecule has 0 radical (unpaired) electrons. The molecule has 108 valence electrons. The molecule has 0 atom stereocenters. The Hall–Kier alpha value is -2.48. The Bertz CT molecular complexity index is 841. The first-order valence-electron chi connectivity index (χ1n) is 6.85. The van der Waals surface area contributed by atoms with Crippen LogP contribution in [0.5, 0.6) is 0 Å². The van der Waals surface area contributed by atoms with Crippen molar-refractivity contribution in [2.45, 2.75) is 13.5 Å². The van der Waals surface area contributed by atoms with Gasteiger partial charge in [0.25, 0.3) is 0 Å². The number of benzene rings is 1. The molecule has 0 aliphatic carbocycles. The third kappa shape index (κ3) is 3.22. The molecule has 0 amide bonds. The van der Waals surface area contributed by atoms with E-state index in [2.05, 4.69) is 21.8 Å². The molecular formula is C18H14N2OS. The highest BCUT2D eigenvalue weighted by molar-refractivity contribution is 7.09. The van der Waals surface area contributed by atoms with Gasteiger partial charge in [0.05, 0.1) is 17.3 Å². The van der Waals surface area contributed by atoms with Gasteiger partial charge in [-0.25, -0.2) is 4.98 Å². The minimum atomic E-state index is 0.00257. The van der Waals surface area contributed by atoms with Gasteiger partial charge in [-0.1, -0.05) is 30.2 Å². The van der Waals surface area contributed by atoms with Crippen molar-refractivity contribution in [3.8, 4) is 23.1 Å². The van der Waals surface area contributed by atoms with Crippen molar-refractivity contribution in [2.75, 3.05) is 0 Å². The van der Waals surface area contributed by atoms with Crippen LogP contribution < -0.4 is 0 Å². The van der Waals surface area contributed by atoms with E-state index in [1.54, 1.807) is 17.5 Å². The lowest BCUT2D eigenvalue weighted by Crippen LogP contribution is -1.91. The van der Waals surface area contributed by atoms with Crippen molar-refractivity contribution < 1.29 is 5.11 Å². The summed E-state index contributed by atoms with van der Waals surface area (Å²) in [6, 6.07) is 11.6. The average molecular weight is 306 g/mol. The van der Waals surface area contributed by atoms with Gasteiger partial charge in [-0.2, -0.15) is 0 Å². The highest BCUT2D eigenvalue weighted by atomic mass is 32.1. The van der Waals surface area contributed by atoms with Crippen molar-refractivity contribution in [1.29, 1.82) is 0 Å². The zero-order valence-corrected chi connectivity index (χ0v) is 12.9. The Morgan fingerprint density at radius 1 is 1.14 bits per heavy atom. The first kappa shape index (κ1) is 14.5. The number of aryl methyl sites for hydroxylation is 1. The summed E-state index contributed by atoms with van der Waals surface area (Å²) in [5.74, 6) is 6.10. The van der Waals surface area contributed by atoms with Crippen molar-refractivity contribution >= 4 is 11.3 Å². The summed E-state index contributed by atoms with van der Waals surface area (Å²) in [6.45, 7) is 1.97. The topological polar surface area (TPSA) is 46.0 Å². The molecule has 0 bridgehead atoms. The van der Waals surface area contributed by atoms with Gasteiger partial charge < -0.3 is 5.11 Å². The molecule has 3 aromatic rings. The molecule has 0 aliphatic heterocycles. The van der Waals surface area contributed by atoms with E-state index in [0.29, 0.717) is 0 Å². The molecule has 1 N–H and O–H groups in total.